The van der Waals surface area contributed by atoms with Gasteiger partial charge in [0.05, 0.1) is 20.6 Å². The van der Waals surface area contributed by atoms with E-state index >= 15 is 0 Å². The lowest BCUT2D eigenvalue weighted by molar-refractivity contribution is -0.133. The first-order valence-corrected chi connectivity index (χ1v) is 9.81. The molecule has 0 fully saturated rings. The van der Waals surface area contributed by atoms with Gasteiger partial charge in [-0.3, -0.25) is 4.79 Å². The summed E-state index contributed by atoms with van der Waals surface area (Å²) < 4.78 is 16.0. The van der Waals surface area contributed by atoms with Crippen LogP contribution in [0.15, 0.2) is 47.0 Å². The minimum atomic E-state index is -0.000575. The summed E-state index contributed by atoms with van der Waals surface area (Å²) in [7, 11) is 3.15. The van der Waals surface area contributed by atoms with Crippen LogP contribution in [0.5, 0.6) is 11.5 Å². The summed E-state index contributed by atoms with van der Waals surface area (Å²) in [5.74, 6) is 2.03. The van der Waals surface area contributed by atoms with E-state index in [2.05, 4.69) is 10.1 Å². The Morgan fingerprint density at radius 1 is 1.07 bits per heavy atom. The van der Waals surface area contributed by atoms with Crippen molar-refractivity contribution in [2.45, 2.75) is 39.8 Å². The van der Waals surface area contributed by atoms with Gasteiger partial charge in [0.15, 0.2) is 11.5 Å². The molecule has 0 saturated heterocycles. The molecule has 0 N–H and O–H groups in total. The molecule has 1 amide bonds. The molecule has 3 aromatic rings. The Labute approximate surface area is 176 Å². The smallest absolute Gasteiger partial charge is 0.246 e. The molecule has 0 unspecified atom stereocenters. The van der Waals surface area contributed by atoms with Crippen molar-refractivity contribution in [3.05, 3.63) is 59.5 Å². The van der Waals surface area contributed by atoms with Crippen LogP contribution in [0.4, 0.5) is 0 Å². The van der Waals surface area contributed by atoms with E-state index in [-0.39, 0.29) is 18.5 Å². The van der Waals surface area contributed by atoms with Crippen molar-refractivity contribution in [1.82, 2.24) is 15.0 Å². The van der Waals surface area contributed by atoms with Gasteiger partial charge in [0.25, 0.3) is 0 Å². The second kappa shape index (κ2) is 9.43. The molecular formula is C23H27N3O4. The third-order valence-corrected chi connectivity index (χ3v) is 4.84. The second-order valence-corrected chi connectivity index (χ2v) is 7.36. The number of hydrogen-bond donors (Lipinski definition) is 0. The first-order chi connectivity index (χ1) is 14.4. The van der Waals surface area contributed by atoms with E-state index in [1.165, 1.54) is 5.56 Å². The van der Waals surface area contributed by atoms with Crippen LogP contribution >= 0.6 is 0 Å². The predicted octanol–water partition coefficient (Wildman–Crippen LogP) is 4.04. The van der Waals surface area contributed by atoms with Gasteiger partial charge in [-0.15, -0.1) is 0 Å². The normalized spacial score (nSPS) is 10.9. The molecule has 158 valence electrons. The molecule has 0 aliphatic rings. The molecule has 30 heavy (non-hydrogen) atoms. The van der Waals surface area contributed by atoms with E-state index in [0.29, 0.717) is 29.6 Å². The summed E-state index contributed by atoms with van der Waals surface area (Å²) in [6, 6.07) is 13.4. The Hall–Kier alpha value is -3.35. The molecule has 3 rings (SSSR count). The highest BCUT2D eigenvalue weighted by Crippen LogP contribution is 2.31. The molecular weight excluding hydrogens is 382 g/mol. The van der Waals surface area contributed by atoms with Crippen LogP contribution in [0.2, 0.25) is 0 Å². The molecule has 1 heterocycles. The Kier molecular flexibility index (Phi) is 6.72. The van der Waals surface area contributed by atoms with Crippen molar-refractivity contribution in [1.29, 1.82) is 0 Å². The fourth-order valence-corrected chi connectivity index (χ4v) is 3.10. The van der Waals surface area contributed by atoms with Gasteiger partial charge < -0.3 is 18.9 Å². The molecule has 0 aliphatic carbocycles. The number of rotatable bonds is 8. The van der Waals surface area contributed by atoms with Crippen LogP contribution in [0, 0.1) is 6.92 Å². The average molecular weight is 409 g/mol. The number of carbonyl (C=O) groups is 1. The van der Waals surface area contributed by atoms with E-state index in [9.17, 15) is 4.79 Å². The summed E-state index contributed by atoms with van der Waals surface area (Å²) in [4.78, 5) is 19.1. The number of ether oxygens (including phenoxy) is 2. The van der Waals surface area contributed by atoms with Crippen molar-refractivity contribution < 1.29 is 18.8 Å². The third-order valence-electron chi connectivity index (χ3n) is 4.84. The highest BCUT2D eigenvalue weighted by atomic mass is 16.5. The molecule has 0 atom stereocenters. The average Bonchev–Trinajstić information content (AvgIpc) is 3.21. The van der Waals surface area contributed by atoms with Crippen molar-refractivity contribution in [2.75, 3.05) is 14.2 Å². The molecule has 2 aromatic carbocycles. The van der Waals surface area contributed by atoms with Gasteiger partial charge in [-0.05, 0) is 44.5 Å². The predicted molar refractivity (Wildman–Crippen MR) is 113 cm³/mol. The lowest BCUT2D eigenvalue weighted by Crippen LogP contribution is -2.37. The Balaban J connectivity index is 1.75. The zero-order valence-electron chi connectivity index (χ0n) is 18.0. The SMILES string of the molecule is COc1ccc(-c2noc(CN(C(=O)Cc3ccc(C)cc3)C(C)C)n2)cc1OC. The van der Waals surface area contributed by atoms with Crippen LogP contribution in [0.25, 0.3) is 11.4 Å². The van der Waals surface area contributed by atoms with Gasteiger partial charge >= 0.3 is 0 Å². The lowest BCUT2D eigenvalue weighted by atomic mass is 10.1. The van der Waals surface area contributed by atoms with Crippen LogP contribution in [0.3, 0.4) is 0 Å². The minimum absolute atomic E-state index is 0.000575. The highest BCUT2D eigenvalue weighted by molar-refractivity contribution is 5.79. The number of benzene rings is 2. The van der Waals surface area contributed by atoms with Gasteiger partial charge in [-0.25, -0.2) is 0 Å². The summed E-state index contributed by atoms with van der Waals surface area (Å²) >= 11 is 0. The maximum atomic E-state index is 12.9. The van der Waals surface area contributed by atoms with E-state index < -0.39 is 0 Å². The number of hydrogen-bond acceptors (Lipinski definition) is 6. The van der Waals surface area contributed by atoms with E-state index in [4.69, 9.17) is 14.0 Å². The Morgan fingerprint density at radius 3 is 2.40 bits per heavy atom. The van der Waals surface area contributed by atoms with Crippen molar-refractivity contribution in [3.63, 3.8) is 0 Å². The van der Waals surface area contributed by atoms with Gasteiger partial charge in [0, 0.05) is 11.6 Å². The molecule has 7 nitrogen and oxygen atoms in total. The number of carbonyl (C=O) groups excluding carboxylic acids is 1. The van der Waals surface area contributed by atoms with Crippen LogP contribution in [0.1, 0.15) is 30.9 Å². The Bertz CT molecular complexity index is 996. The molecule has 0 radical (unpaired) electrons. The fraction of sp³-hybridized carbons (Fsp3) is 0.348. The molecule has 0 spiro atoms. The molecule has 0 aliphatic heterocycles. The first-order valence-electron chi connectivity index (χ1n) is 9.81. The fourth-order valence-electron chi connectivity index (χ4n) is 3.10. The van der Waals surface area contributed by atoms with E-state index in [1.807, 2.05) is 51.1 Å². The largest absolute Gasteiger partial charge is 0.493 e. The zero-order valence-corrected chi connectivity index (χ0v) is 18.0. The third kappa shape index (κ3) is 4.97. The number of nitrogens with zero attached hydrogens (tertiary/aromatic N) is 3. The first kappa shape index (κ1) is 21.4. The van der Waals surface area contributed by atoms with Gasteiger partial charge in [0.2, 0.25) is 17.6 Å². The van der Waals surface area contributed by atoms with Crippen LogP contribution in [-0.2, 0) is 17.8 Å². The lowest BCUT2D eigenvalue weighted by Gasteiger charge is -2.25. The van der Waals surface area contributed by atoms with Crippen LogP contribution < -0.4 is 9.47 Å². The van der Waals surface area contributed by atoms with E-state index in [1.54, 1.807) is 31.3 Å². The molecule has 1 aromatic heterocycles. The maximum Gasteiger partial charge on any atom is 0.246 e. The minimum Gasteiger partial charge on any atom is -0.493 e. The second-order valence-electron chi connectivity index (χ2n) is 7.36. The monoisotopic (exact) mass is 409 g/mol. The van der Waals surface area contributed by atoms with Crippen molar-refractivity contribution in [3.8, 4) is 22.9 Å². The molecule has 0 bridgehead atoms. The maximum absolute atomic E-state index is 12.9. The van der Waals surface area contributed by atoms with Gasteiger partial charge in [0.1, 0.15) is 6.54 Å². The highest BCUT2D eigenvalue weighted by Gasteiger charge is 2.21. The standard InChI is InChI=1S/C23H27N3O4/c1-15(2)26(22(27)12-17-8-6-16(3)7-9-17)14-21-24-23(25-30-21)18-10-11-19(28-4)20(13-18)29-5/h6-11,13,15H,12,14H2,1-5H3. The summed E-state index contributed by atoms with van der Waals surface area (Å²) in [5, 5.41) is 4.06. The van der Waals surface area contributed by atoms with Gasteiger partial charge in [-0.2, -0.15) is 4.98 Å². The zero-order chi connectivity index (χ0) is 21.7. The number of aryl methyl sites for hydroxylation is 1. The summed E-state index contributed by atoms with van der Waals surface area (Å²) in [6.07, 6.45) is 0.329. The summed E-state index contributed by atoms with van der Waals surface area (Å²) in [6.45, 7) is 6.22. The van der Waals surface area contributed by atoms with E-state index in [0.717, 1.165) is 11.1 Å². The quantitative estimate of drug-likeness (QED) is 0.559. The van der Waals surface area contributed by atoms with Crippen molar-refractivity contribution >= 4 is 5.91 Å². The van der Waals surface area contributed by atoms with Gasteiger partial charge in [-0.1, -0.05) is 35.0 Å². The Morgan fingerprint density at radius 2 is 1.77 bits per heavy atom. The van der Waals surface area contributed by atoms with Crippen molar-refractivity contribution in [2.24, 2.45) is 0 Å². The topological polar surface area (TPSA) is 77.7 Å². The molecule has 0 saturated carbocycles. The molecule has 7 heteroatoms. The number of aromatic nitrogens is 2. The number of methoxy groups -OCH3 is 2. The van der Waals surface area contributed by atoms with Crippen LogP contribution in [-0.4, -0.2) is 41.2 Å². The number of amides is 1. The summed E-state index contributed by atoms with van der Waals surface area (Å²) in [5.41, 5.74) is 2.89.